The third-order valence-corrected chi connectivity index (χ3v) is 5.93. The SMILES string of the molecule is CC[C@@H]1C[C@H](OC(=O)NCC2(O)CC2)C[C@@H]1C(=N)n1c(=N)cnc2[nH]ccc21. The van der Waals surface area contributed by atoms with Crippen molar-refractivity contribution >= 4 is 23.1 Å². The molecule has 150 valence electrons. The molecule has 4 rings (SSSR count). The van der Waals surface area contributed by atoms with Crippen molar-refractivity contribution in [1.82, 2.24) is 19.9 Å². The van der Waals surface area contributed by atoms with Gasteiger partial charge in [0.25, 0.3) is 0 Å². The fourth-order valence-electron chi connectivity index (χ4n) is 4.08. The lowest BCUT2D eigenvalue weighted by Crippen LogP contribution is -2.35. The average molecular weight is 386 g/mol. The van der Waals surface area contributed by atoms with Gasteiger partial charge in [0.2, 0.25) is 0 Å². The van der Waals surface area contributed by atoms with Gasteiger partial charge in [-0.15, -0.1) is 0 Å². The van der Waals surface area contributed by atoms with Gasteiger partial charge in [-0.1, -0.05) is 13.3 Å². The first-order valence-corrected chi connectivity index (χ1v) is 9.75. The second kappa shape index (κ2) is 7.05. The largest absolute Gasteiger partial charge is 0.446 e. The zero-order valence-corrected chi connectivity index (χ0v) is 15.9. The molecule has 2 fully saturated rings. The van der Waals surface area contributed by atoms with E-state index in [1.54, 1.807) is 10.8 Å². The van der Waals surface area contributed by atoms with Crippen molar-refractivity contribution in [2.75, 3.05) is 6.54 Å². The number of nitrogens with one attached hydrogen (secondary N) is 4. The molecule has 0 aliphatic heterocycles. The number of carbonyl (C=O) groups is 1. The molecule has 0 unspecified atom stereocenters. The summed E-state index contributed by atoms with van der Waals surface area (Å²) in [4.78, 5) is 19.3. The number of hydrogen-bond acceptors (Lipinski definition) is 6. The van der Waals surface area contributed by atoms with Crippen LogP contribution in [0.2, 0.25) is 0 Å². The van der Waals surface area contributed by atoms with E-state index in [0.29, 0.717) is 42.7 Å². The summed E-state index contributed by atoms with van der Waals surface area (Å²) >= 11 is 0. The van der Waals surface area contributed by atoms with Crippen LogP contribution in [-0.4, -0.2) is 49.8 Å². The Labute approximate surface area is 162 Å². The van der Waals surface area contributed by atoms with Crippen LogP contribution in [0.1, 0.15) is 39.0 Å². The number of rotatable bonds is 5. The number of amides is 1. The fourth-order valence-corrected chi connectivity index (χ4v) is 4.08. The number of aromatic amines is 1. The number of fused-ring (bicyclic) bond motifs is 1. The number of carbonyl (C=O) groups excluding carboxylic acids is 1. The van der Waals surface area contributed by atoms with Gasteiger partial charge in [-0.2, -0.15) is 0 Å². The van der Waals surface area contributed by atoms with Crippen LogP contribution in [0.4, 0.5) is 4.79 Å². The molecule has 2 aromatic heterocycles. The zero-order chi connectivity index (χ0) is 19.9. The van der Waals surface area contributed by atoms with Gasteiger partial charge in [0.05, 0.1) is 17.3 Å². The number of ether oxygens (including phenoxy) is 1. The second-order valence-corrected chi connectivity index (χ2v) is 7.93. The van der Waals surface area contributed by atoms with E-state index in [4.69, 9.17) is 15.6 Å². The third-order valence-electron chi connectivity index (χ3n) is 5.93. The lowest BCUT2D eigenvalue weighted by Gasteiger charge is -2.21. The van der Waals surface area contributed by atoms with Gasteiger partial charge in [0.1, 0.15) is 17.4 Å². The standard InChI is InChI=1S/C19H26N6O3/c1-2-11-7-12(28-18(26)24-10-19(27)4-5-19)8-13(11)16(21)25-14-3-6-22-17(14)23-9-15(25)20/h3,6,9,11-13,20-22,27H,2,4-5,7-8,10H2,1H3,(H,24,26)/t11-,12+,13+/m1/s1. The lowest BCUT2D eigenvalue weighted by molar-refractivity contribution is 0.0879. The molecule has 2 saturated carbocycles. The first-order chi connectivity index (χ1) is 13.4. The van der Waals surface area contributed by atoms with E-state index in [1.165, 1.54) is 6.20 Å². The highest BCUT2D eigenvalue weighted by Gasteiger charge is 2.42. The summed E-state index contributed by atoms with van der Waals surface area (Å²) in [5, 5.41) is 29.5. The predicted molar refractivity (Wildman–Crippen MR) is 102 cm³/mol. The van der Waals surface area contributed by atoms with Gasteiger partial charge in [-0.3, -0.25) is 15.4 Å². The molecule has 5 N–H and O–H groups in total. The van der Waals surface area contributed by atoms with E-state index in [-0.39, 0.29) is 30.0 Å². The van der Waals surface area contributed by atoms with Crippen LogP contribution in [0.3, 0.4) is 0 Å². The lowest BCUT2D eigenvalue weighted by atomic mass is 9.92. The molecule has 0 radical (unpaired) electrons. The van der Waals surface area contributed by atoms with Crippen LogP contribution < -0.4 is 10.8 Å². The molecule has 0 saturated heterocycles. The maximum atomic E-state index is 12.1. The van der Waals surface area contributed by atoms with Crippen molar-refractivity contribution in [3.05, 3.63) is 23.9 Å². The van der Waals surface area contributed by atoms with Crippen molar-refractivity contribution in [1.29, 1.82) is 10.8 Å². The van der Waals surface area contributed by atoms with Crippen LogP contribution in [0.5, 0.6) is 0 Å². The topological polar surface area (TPSA) is 140 Å². The van der Waals surface area contributed by atoms with Crippen molar-refractivity contribution < 1.29 is 14.6 Å². The van der Waals surface area contributed by atoms with Crippen molar-refractivity contribution in [2.45, 2.75) is 50.7 Å². The Morgan fingerprint density at radius 3 is 3.00 bits per heavy atom. The minimum Gasteiger partial charge on any atom is -0.446 e. The van der Waals surface area contributed by atoms with Gasteiger partial charge >= 0.3 is 6.09 Å². The molecule has 2 heterocycles. The zero-order valence-electron chi connectivity index (χ0n) is 15.9. The Morgan fingerprint density at radius 2 is 2.29 bits per heavy atom. The quantitative estimate of drug-likeness (QED) is 0.394. The highest BCUT2D eigenvalue weighted by atomic mass is 16.6. The van der Waals surface area contributed by atoms with E-state index in [1.807, 2.05) is 6.07 Å². The maximum Gasteiger partial charge on any atom is 0.407 e. The fraction of sp³-hybridized carbons (Fsp3) is 0.579. The molecule has 1 amide bonds. The predicted octanol–water partition coefficient (Wildman–Crippen LogP) is 1.73. The number of aromatic nitrogens is 3. The van der Waals surface area contributed by atoms with Gasteiger partial charge in [0.15, 0.2) is 5.65 Å². The molecule has 2 aliphatic rings. The highest BCUT2D eigenvalue weighted by molar-refractivity contribution is 5.91. The molecule has 3 atom stereocenters. The molecule has 9 heteroatoms. The third kappa shape index (κ3) is 3.54. The molecule has 0 spiro atoms. The van der Waals surface area contributed by atoms with Crippen LogP contribution in [0.25, 0.3) is 11.2 Å². The Balaban J connectivity index is 1.47. The number of H-pyrrole nitrogens is 1. The molecule has 2 aliphatic carbocycles. The number of aliphatic hydroxyl groups is 1. The minimum atomic E-state index is -0.754. The molecular weight excluding hydrogens is 360 g/mol. The van der Waals surface area contributed by atoms with E-state index in [0.717, 1.165) is 6.42 Å². The Morgan fingerprint density at radius 1 is 1.50 bits per heavy atom. The summed E-state index contributed by atoms with van der Waals surface area (Å²) < 4.78 is 7.16. The average Bonchev–Trinajstić information content (AvgIpc) is 3.08. The molecule has 28 heavy (non-hydrogen) atoms. The monoisotopic (exact) mass is 386 g/mol. The first kappa shape index (κ1) is 18.7. The van der Waals surface area contributed by atoms with Gasteiger partial charge in [0, 0.05) is 18.7 Å². The highest BCUT2D eigenvalue weighted by Crippen LogP contribution is 2.37. The maximum absolute atomic E-state index is 12.1. The second-order valence-electron chi connectivity index (χ2n) is 7.93. The van der Waals surface area contributed by atoms with Crippen LogP contribution >= 0.6 is 0 Å². The summed E-state index contributed by atoms with van der Waals surface area (Å²) in [6.45, 7) is 2.29. The van der Waals surface area contributed by atoms with Gasteiger partial charge in [-0.25, -0.2) is 9.78 Å². The summed E-state index contributed by atoms with van der Waals surface area (Å²) in [7, 11) is 0. The molecule has 2 aromatic rings. The van der Waals surface area contributed by atoms with E-state index in [2.05, 4.69) is 22.2 Å². The van der Waals surface area contributed by atoms with Crippen molar-refractivity contribution in [3.8, 4) is 0 Å². The Hall–Kier alpha value is -2.68. The summed E-state index contributed by atoms with van der Waals surface area (Å²) in [6, 6.07) is 1.81. The Kier molecular flexibility index (Phi) is 4.70. The van der Waals surface area contributed by atoms with Crippen LogP contribution in [-0.2, 0) is 4.74 Å². The molecule has 0 bridgehead atoms. The smallest absolute Gasteiger partial charge is 0.407 e. The van der Waals surface area contributed by atoms with E-state index in [9.17, 15) is 9.90 Å². The molecule has 9 nitrogen and oxygen atoms in total. The van der Waals surface area contributed by atoms with Gasteiger partial charge in [-0.05, 0) is 37.7 Å². The van der Waals surface area contributed by atoms with Crippen LogP contribution in [0.15, 0.2) is 18.5 Å². The normalized spacial score (nSPS) is 25.6. The van der Waals surface area contributed by atoms with Crippen LogP contribution in [0, 0.1) is 22.7 Å². The van der Waals surface area contributed by atoms with E-state index >= 15 is 0 Å². The summed E-state index contributed by atoms with van der Waals surface area (Å²) in [5.74, 6) is 0.430. The van der Waals surface area contributed by atoms with Gasteiger partial charge < -0.3 is 20.1 Å². The van der Waals surface area contributed by atoms with Crippen molar-refractivity contribution in [2.24, 2.45) is 11.8 Å². The molecular formula is C19H26N6O3. The Bertz CT molecular complexity index is 960. The van der Waals surface area contributed by atoms with Crippen molar-refractivity contribution in [3.63, 3.8) is 0 Å². The number of alkyl carbamates (subject to hydrolysis) is 1. The van der Waals surface area contributed by atoms with E-state index < -0.39 is 11.7 Å². The summed E-state index contributed by atoms with van der Waals surface area (Å²) in [6.07, 6.45) is 5.92. The first-order valence-electron chi connectivity index (χ1n) is 9.75. The number of nitrogens with zero attached hydrogens (tertiary/aromatic N) is 2. The summed E-state index contributed by atoms with van der Waals surface area (Å²) in [5.41, 5.74) is 0.742. The minimum absolute atomic E-state index is 0.106. The molecule has 0 aromatic carbocycles. The number of hydrogen-bond donors (Lipinski definition) is 5.